The first-order valence-corrected chi connectivity index (χ1v) is 10.4. The number of sulfonamides is 1. The summed E-state index contributed by atoms with van der Waals surface area (Å²) in [5, 5.41) is 0. The van der Waals surface area contributed by atoms with E-state index in [1.165, 1.54) is 12.7 Å². The summed E-state index contributed by atoms with van der Waals surface area (Å²) in [6.45, 7) is 2.03. The summed E-state index contributed by atoms with van der Waals surface area (Å²) in [7, 11) is -2.19. The van der Waals surface area contributed by atoms with Crippen LogP contribution < -0.4 is 14.2 Å². The standard InChI is InChI=1S/C20H25NO4S/c1-15(14-25-18-10-4-3-5-11-18)21-26(22,23)20-13-17-9-7-6-8-16(17)12-19(20)24-2/h3-5,10-13,15,21H,6-9,14H2,1-2H3/t15-/m0/s1. The molecular weight excluding hydrogens is 350 g/mol. The predicted molar refractivity (Wildman–Crippen MR) is 101 cm³/mol. The second-order valence-corrected chi connectivity index (χ2v) is 8.31. The third-order valence-electron chi connectivity index (χ3n) is 4.52. The van der Waals surface area contributed by atoms with Crippen LogP contribution in [-0.2, 0) is 22.9 Å². The summed E-state index contributed by atoms with van der Waals surface area (Å²) in [4.78, 5) is 0.201. The maximum absolute atomic E-state index is 12.9. The van der Waals surface area contributed by atoms with E-state index in [-0.39, 0.29) is 17.5 Å². The lowest BCUT2D eigenvalue weighted by molar-refractivity contribution is 0.287. The van der Waals surface area contributed by atoms with Crippen LogP contribution in [0.1, 0.15) is 30.9 Å². The van der Waals surface area contributed by atoms with E-state index in [2.05, 4.69) is 4.72 Å². The summed E-state index contributed by atoms with van der Waals surface area (Å²) in [6.07, 6.45) is 4.11. The van der Waals surface area contributed by atoms with Gasteiger partial charge in [-0.2, -0.15) is 0 Å². The zero-order chi connectivity index (χ0) is 18.6. The molecule has 0 aromatic heterocycles. The van der Waals surface area contributed by atoms with Gasteiger partial charge in [0.25, 0.3) is 0 Å². The topological polar surface area (TPSA) is 64.6 Å². The lowest BCUT2D eigenvalue weighted by atomic mass is 9.92. The number of benzene rings is 2. The molecule has 1 aliphatic carbocycles. The Balaban J connectivity index is 1.74. The second-order valence-electron chi connectivity index (χ2n) is 6.63. The number of hydrogen-bond acceptors (Lipinski definition) is 4. The van der Waals surface area contributed by atoms with Crippen molar-refractivity contribution in [2.45, 2.75) is 43.5 Å². The Hall–Kier alpha value is -2.05. The summed E-state index contributed by atoms with van der Waals surface area (Å²) >= 11 is 0. The maximum atomic E-state index is 12.9. The number of hydrogen-bond donors (Lipinski definition) is 1. The van der Waals surface area contributed by atoms with Gasteiger partial charge in [0.1, 0.15) is 23.0 Å². The van der Waals surface area contributed by atoms with Crippen molar-refractivity contribution in [3.63, 3.8) is 0 Å². The average molecular weight is 375 g/mol. The van der Waals surface area contributed by atoms with Crippen LogP contribution in [-0.4, -0.2) is 28.2 Å². The molecule has 2 aromatic rings. The molecular formula is C20H25NO4S. The minimum Gasteiger partial charge on any atom is -0.495 e. The summed E-state index contributed by atoms with van der Waals surface area (Å²) in [6, 6.07) is 12.6. The minimum atomic E-state index is -3.70. The Morgan fingerprint density at radius 2 is 1.73 bits per heavy atom. The third kappa shape index (κ3) is 4.37. The highest BCUT2D eigenvalue weighted by molar-refractivity contribution is 7.89. The van der Waals surface area contributed by atoms with E-state index in [0.717, 1.165) is 31.2 Å². The van der Waals surface area contributed by atoms with E-state index in [1.54, 1.807) is 13.0 Å². The van der Waals surface area contributed by atoms with E-state index in [1.807, 2.05) is 36.4 Å². The fraction of sp³-hybridized carbons (Fsp3) is 0.400. The quantitative estimate of drug-likeness (QED) is 0.806. The average Bonchev–Trinajstić information content (AvgIpc) is 2.65. The van der Waals surface area contributed by atoms with Gasteiger partial charge < -0.3 is 9.47 Å². The van der Waals surface area contributed by atoms with Gasteiger partial charge in [-0.15, -0.1) is 0 Å². The van der Waals surface area contributed by atoms with Crippen LogP contribution in [0.15, 0.2) is 47.4 Å². The molecule has 0 bridgehead atoms. The number of nitrogens with one attached hydrogen (secondary N) is 1. The van der Waals surface area contributed by atoms with Gasteiger partial charge in [0.05, 0.1) is 13.2 Å². The lowest BCUT2D eigenvalue weighted by Gasteiger charge is -2.21. The van der Waals surface area contributed by atoms with Crippen molar-refractivity contribution in [1.82, 2.24) is 4.72 Å². The molecule has 6 heteroatoms. The molecule has 0 saturated carbocycles. The van der Waals surface area contributed by atoms with Crippen LogP contribution in [0.5, 0.6) is 11.5 Å². The van der Waals surface area contributed by atoms with Gasteiger partial charge in [0.15, 0.2) is 0 Å². The van der Waals surface area contributed by atoms with Crippen LogP contribution >= 0.6 is 0 Å². The van der Waals surface area contributed by atoms with Gasteiger partial charge >= 0.3 is 0 Å². The highest BCUT2D eigenvalue weighted by Crippen LogP contribution is 2.32. The Morgan fingerprint density at radius 1 is 1.08 bits per heavy atom. The number of fused-ring (bicyclic) bond motifs is 1. The van der Waals surface area contributed by atoms with Crippen LogP contribution in [0, 0.1) is 0 Å². The van der Waals surface area contributed by atoms with E-state index < -0.39 is 10.0 Å². The molecule has 1 aliphatic rings. The normalized spacial score (nSPS) is 15.2. The first kappa shape index (κ1) is 18.7. The largest absolute Gasteiger partial charge is 0.495 e. The lowest BCUT2D eigenvalue weighted by Crippen LogP contribution is -2.37. The van der Waals surface area contributed by atoms with Crippen molar-refractivity contribution >= 4 is 10.0 Å². The van der Waals surface area contributed by atoms with Gasteiger partial charge in [-0.05, 0) is 68.0 Å². The van der Waals surface area contributed by atoms with E-state index in [9.17, 15) is 8.42 Å². The third-order valence-corrected chi connectivity index (χ3v) is 6.13. The molecule has 0 amide bonds. The SMILES string of the molecule is COc1cc2c(cc1S(=O)(=O)N[C@@H](C)COc1ccccc1)CCCC2. The summed E-state index contributed by atoms with van der Waals surface area (Å²) in [5.41, 5.74) is 2.29. The Kier molecular flexibility index (Phi) is 5.84. The second kappa shape index (κ2) is 8.10. The van der Waals surface area contributed by atoms with Crippen LogP contribution in [0.4, 0.5) is 0 Å². The first-order valence-electron chi connectivity index (χ1n) is 8.89. The first-order chi connectivity index (χ1) is 12.5. The van der Waals surface area contributed by atoms with Crippen LogP contribution in [0.25, 0.3) is 0 Å². The molecule has 0 spiro atoms. The molecule has 140 valence electrons. The van der Waals surface area contributed by atoms with Crippen LogP contribution in [0.3, 0.4) is 0 Å². The van der Waals surface area contributed by atoms with Crippen molar-refractivity contribution in [2.75, 3.05) is 13.7 Å². The van der Waals surface area contributed by atoms with E-state index in [0.29, 0.717) is 11.5 Å². The molecule has 26 heavy (non-hydrogen) atoms. The molecule has 0 unspecified atom stereocenters. The Bertz CT molecular complexity index is 850. The number of rotatable bonds is 7. The number of methoxy groups -OCH3 is 1. The minimum absolute atomic E-state index is 0.201. The van der Waals surface area contributed by atoms with Gasteiger partial charge in [0, 0.05) is 0 Å². The molecule has 3 rings (SSSR count). The molecule has 0 radical (unpaired) electrons. The van der Waals surface area contributed by atoms with Gasteiger partial charge in [-0.3, -0.25) is 0 Å². The molecule has 1 atom stereocenters. The van der Waals surface area contributed by atoms with E-state index in [4.69, 9.17) is 9.47 Å². The Labute approximate surface area is 155 Å². The molecule has 5 nitrogen and oxygen atoms in total. The molecule has 0 aliphatic heterocycles. The van der Waals surface area contributed by atoms with Gasteiger partial charge in [-0.25, -0.2) is 13.1 Å². The van der Waals surface area contributed by atoms with Gasteiger partial charge in [-0.1, -0.05) is 18.2 Å². The maximum Gasteiger partial charge on any atom is 0.244 e. The Morgan fingerprint density at radius 3 is 2.38 bits per heavy atom. The molecule has 1 N–H and O–H groups in total. The fourth-order valence-corrected chi connectivity index (χ4v) is 4.64. The number of para-hydroxylation sites is 1. The van der Waals surface area contributed by atoms with Crippen molar-refractivity contribution < 1.29 is 17.9 Å². The molecule has 0 saturated heterocycles. The van der Waals surface area contributed by atoms with Crippen molar-refractivity contribution in [1.29, 1.82) is 0 Å². The van der Waals surface area contributed by atoms with Crippen molar-refractivity contribution in [3.05, 3.63) is 53.6 Å². The molecule has 0 heterocycles. The zero-order valence-electron chi connectivity index (χ0n) is 15.2. The monoisotopic (exact) mass is 375 g/mol. The smallest absolute Gasteiger partial charge is 0.244 e. The zero-order valence-corrected chi connectivity index (χ0v) is 16.0. The molecule has 0 fully saturated rings. The highest BCUT2D eigenvalue weighted by atomic mass is 32.2. The number of aryl methyl sites for hydroxylation is 2. The fourth-order valence-electron chi connectivity index (χ4n) is 3.21. The van der Waals surface area contributed by atoms with Crippen molar-refractivity contribution in [3.8, 4) is 11.5 Å². The summed E-state index contributed by atoms with van der Waals surface area (Å²) < 4.78 is 39.4. The summed E-state index contributed by atoms with van der Waals surface area (Å²) in [5.74, 6) is 1.11. The number of ether oxygens (including phenoxy) is 2. The highest BCUT2D eigenvalue weighted by Gasteiger charge is 2.25. The van der Waals surface area contributed by atoms with Crippen molar-refractivity contribution in [2.24, 2.45) is 0 Å². The van der Waals surface area contributed by atoms with E-state index >= 15 is 0 Å². The predicted octanol–water partition coefficient (Wildman–Crippen LogP) is 3.32. The van der Waals surface area contributed by atoms with Crippen LogP contribution in [0.2, 0.25) is 0 Å². The van der Waals surface area contributed by atoms with Gasteiger partial charge in [0.2, 0.25) is 10.0 Å². The molecule has 2 aromatic carbocycles.